The van der Waals surface area contributed by atoms with Crippen LogP contribution in [0.25, 0.3) is 0 Å². The molecule has 11 heavy (non-hydrogen) atoms. The lowest BCUT2D eigenvalue weighted by Crippen LogP contribution is -2.33. The standard InChI is InChI=1S/C4H7BINO3S/c6-5-4(8)7-11(9,10)3-1-2-3/h3,5H,1-2H2,(H,7,8). The van der Waals surface area contributed by atoms with Gasteiger partial charge in [0.25, 0.3) is 0 Å². The van der Waals surface area contributed by atoms with E-state index < -0.39 is 15.8 Å². The summed E-state index contributed by atoms with van der Waals surface area (Å²) in [4.78, 5) is 10.7. The van der Waals surface area contributed by atoms with Crippen LogP contribution in [0, 0.1) is 0 Å². The summed E-state index contributed by atoms with van der Waals surface area (Å²) in [6, 6.07) is 0. The average Bonchev–Trinajstić information content (AvgIpc) is 2.66. The Hall–Kier alpha value is 0.215. The first kappa shape index (κ1) is 9.30. The molecule has 0 radical (unpaired) electrons. The maximum atomic E-state index is 11.0. The number of carbonyl (C=O) groups is 1. The van der Waals surface area contributed by atoms with Crippen molar-refractivity contribution >= 4 is 43.3 Å². The van der Waals surface area contributed by atoms with E-state index in [4.69, 9.17) is 0 Å². The lowest BCUT2D eigenvalue weighted by Gasteiger charge is -2.01. The number of sulfonamides is 1. The lowest BCUT2D eigenvalue weighted by molar-refractivity contribution is 0.263. The maximum absolute atomic E-state index is 11.0. The largest absolute Gasteiger partial charge is 0.308 e. The Kier molecular flexibility index (Phi) is 2.79. The van der Waals surface area contributed by atoms with Gasteiger partial charge in [-0.25, -0.2) is 8.42 Å². The van der Waals surface area contributed by atoms with Gasteiger partial charge in [-0.15, -0.1) is 22.4 Å². The minimum absolute atomic E-state index is 0.184. The summed E-state index contributed by atoms with van der Waals surface area (Å²) in [6.45, 7) is 0. The minimum Gasteiger partial charge on any atom is -0.286 e. The number of halogens is 1. The predicted octanol–water partition coefficient (Wildman–Crippen LogP) is -0.0253. The third-order valence-electron chi connectivity index (χ3n) is 1.34. The lowest BCUT2D eigenvalue weighted by atomic mass is 10.1. The summed E-state index contributed by atoms with van der Waals surface area (Å²) in [5, 5.41) is -0.127. The second kappa shape index (κ2) is 3.30. The molecule has 1 rings (SSSR count). The predicted molar refractivity (Wildman–Crippen MR) is 51.6 cm³/mol. The van der Waals surface area contributed by atoms with Gasteiger partial charge in [0, 0.05) is 0 Å². The summed E-state index contributed by atoms with van der Waals surface area (Å²) < 4.78 is 24.0. The Labute approximate surface area is 79.3 Å². The van der Waals surface area contributed by atoms with Crippen molar-refractivity contribution in [2.45, 2.75) is 18.1 Å². The highest BCUT2D eigenvalue weighted by Gasteiger charge is 2.36. The van der Waals surface area contributed by atoms with Crippen LogP contribution < -0.4 is 4.72 Å². The molecule has 0 aromatic rings. The van der Waals surface area contributed by atoms with Gasteiger partial charge >= 0.3 is 5.14 Å². The zero-order valence-corrected chi connectivity index (χ0v) is 8.68. The van der Waals surface area contributed by atoms with E-state index in [1.807, 2.05) is 27.1 Å². The van der Waals surface area contributed by atoms with Crippen LogP contribution in [0.1, 0.15) is 12.8 Å². The van der Waals surface area contributed by atoms with Crippen molar-refractivity contribution in [1.82, 2.24) is 4.72 Å². The fraction of sp³-hybridized carbons (Fsp3) is 0.750. The summed E-state index contributed by atoms with van der Waals surface area (Å²) in [6.07, 6.45) is 1.37. The first-order chi connectivity index (χ1) is 5.06. The van der Waals surface area contributed by atoms with Gasteiger partial charge in [-0.05, 0) is 12.8 Å². The Morgan fingerprint density at radius 2 is 2.09 bits per heavy atom. The molecule has 0 bridgehead atoms. The number of carbonyl (C=O) groups excluding carboxylic acids is 1. The molecule has 0 aliphatic heterocycles. The van der Waals surface area contributed by atoms with Crippen LogP contribution in [0.5, 0.6) is 0 Å². The smallest absolute Gasteiger partial charge is 0.286 e. The van der Waals surface area contributed by atoms with Crippen molar-refractivity contribution in [1.29, 1.82) is 0 Å². The van der Waals surface area contributed by atoms with Crippen LogP contribution in [0.4, 0.5) is 4.79 Å². The Balaban J connectivity index is 2.53. The number of nitrogens with one attached hydrogen (secondary N) is 1. The van der Waals surface area contributed by atoms with Crippen molar-refractivity contribution in [2.75, 3.05) is 0 Å². The van der Waals surface area contributed by atoms with Crippen LogP contribution in [0.15, 0.2) is 0 Å². The van der Waals surface area contributed by atoms with Gasteiger partial charge in [0.2, 0.25) is 10.0 Å². The van der Waals surface area contributed by atoms with E-state index in [0.717, 1.165) is 0 Å². The van der Waals surface area contributed by atoms with E-state index >= 15 is 0 Å². The number of rotatable bonds is 3. The molecule has 0 aromatic carbocycles. The fourth-order valence-corrected chi connectivity index (χ4v) is 2.41. The van der Waals surface area contributed by atoms with Gasteiger partial charge in [-0.3, -0.25) is 9.52 Å². The van der Waals surface area contributed by atoms with Gasteiger partial charge in [0.05, 0.1) is 5.25 Å². The normalized spacial score (nSPS) is 17.5. The molecule has 1 aliphatic rings. The van der Waals surface area contributed by atoms with Crippen LogP contribution in [-0.2, 0) is 10.0 Å². The van der Waals surface area contributed by atoms with Gasteiger partial charge < -0.3 is 0 Å². The molecule has 0 saturated heterocycles. The molecular formula is C4H7BINO3S. The van der Waals surface area contributed by atoms with E-state index in [-0.39, 0.29) is 10.4 Å². The fourth-order valence-electron chi connectivity index (χ4n) is 0.648. The van der Waals surface area contributed by atoms with E-state index in [2.05, 4.69) is 0 Å². The third kappa shape index (κ3) is 2.62. The van der Waals surface area contributed by atoms with Crippen molar-refractivity contribution in [3.63, 3.8) is 0 Å². The van der Waals surface area contributed by atoms with Crippen molar-refractivity contribution in [2.24, 2.45) is 0 Å². The zero-order chi connectivity index (χ0) is 8.48. The molecule has 1 aliphatic carbocycles. The van der Waals surface area contributed by atoms with E-state index in [1.165, 1.54) is 0 Å². The summed E-state index contributed by atoms with van der Waals surface area (Å²) >= 11 is 1.82. The van der Waals surface area contributed by atoms with E-state index in [9.17, 15) is 13.2 Å². The van der Waals surface area contributed by atoms with Crippen LogP contribution >= 0.6 is 22.4 Å². The van der Waals surface area contributed by atoms with Gasteiger partial charge in [-0.1, -0.05) is 0 Å². The summed E-state index contributed by atoms with van der Waals surface area (Å²) in [5.41, 5.74) is 0. The number of hydrogen-bond donors (Lipinski definition) is 1. The van der Waals surface area contributed by atoms with Crippen molar-refractivity contribution < 1.29 is 13.2 Å². The molecule has 0 heterocycles. The van der Waals surface area contributed by atoms with Gasteiger partial charge in [0.15, 0.2) is 5.81 Å². The average molecular weight is 287 g/mol. The quantitative estimate of drug-likeness (QED) is 0.586. The van der Waals surface area contributed by atoms with Gasteiger partial charge in [-0.2, -0.15) is 0 Å². The Bertz CT molecular complexity index is 261. The Morgan fingerprint density at radius 3 is 2.45 bits per heavy atom. The molecule has 1 N–H and O–H groups in total. The molecule has 0 atom stereocenters. The summed E-state index contributed by atoms with van der Waals surface area (Å²) in [7, 11) is -3.30. The molecule has 4 nitrogen and oxygen atoms in total. The van der Waals surface area contributed by atoms with E-state index in [0.29, 0.717) is 12.8 Å². The van der Waals surface area contributed by atoms with E-state index in [1.54, 1.807) is 0 Å². The third-order valence-corrected chi connectivity index (χ3v) is 3.89. The van der Waals surface area contributed by atoms with Crippen LogP contribution in [0.2, 0.25) is 0 Å². The minimum atomic E-state index is -3.30. The monoisotopic (exact) mass is 287 g/mol. The summed E-state index contributed by atoms with van der Waals surface area (Å²) in [5.74, 6) is -0.433. The molecule has 0 unspecified atom stereocenters. The first-order valence-electron chi connectivity index (χ1n) is 3.16. The molecule has 62 valence electrons. The maximum Gasteiger partial charge on any atom is 0.308 e. The van der Waals surface area contributed by atoms with Crippen molar-refractivity contribution in [3.8, 4) is 0 Å². The second-order valence-electron chi connectivity index (χ2n) is 2.40. The molecular weight excluding hydrogens is 280 g/mol. The molecule has 7 heteroatoms. The number of hydrogen-bond acceptors (Lipinski definition) is 3. The molecule has 0 spiro atoms. The highest BCUT2D eigenvalue weighted by molar-refractivity contribution is 14.1. The molecule has 0 aromatic heterocycles. The molecule has 1 amide bonds. The second-order valence-corrected chi connectivity index (χ2v) is 5.13. The number of amides is 1. The highest BCUT2D eigenvalue weighted by Crippen LogP contribution is 2.27. The molecule has 1 saturated carbocycles. The first-order valence-corrected chi connectivity index (χ1v) is 6.24. The zero-order valence-electron chi connectivity index (χ0n) is 5.71. The van der Waals surface area contributed by atoms with Crippen LogP contribution in [-0.4, -0.2) is 24.6 Å². The Morgan fingerprint density at radius 1 is 1.55 bits per heavy atom. The SMILES string of the molecule is O=C(BI)NS(=O)(=O)C1CC1. The topological polar surface area (TPSA) is 63.2 Å². The highest BCUT2D eigenvalue weighted by atomic mass is 127. The van der Waals surface area contributed by atoms with Gasteiger partial charge in [0.1, 0.15) is 0 Å². The van der Waals surface area contributed by atoms with Crippen LogP contribution in [0.3, 0.4) is 0 Å². The van der Waals surface area contributed by atoms with Crippen molar-refractivity contribution in [3.05, 3.63) is 0 Å². The molecule has 1 fully saturated rings.